The lowest BCUT2D eigenvalue weighted by Gasteiger charge is -2.07. The lowest BCUT2D eigenvalue weighted by atomic mass is 10.2. The Morgan fingerprint density at radius 1 is 1.67 bits per heavy atom. The molecule has 1 unspecified atom stereocenters. The predicted molar refractivity (Wildman–Crippen MR) is 55.7 cm³/mol. The summed E-state index contributed by atoms with van der Waals surface area (Å²) in [5.74, 6) is 0. The van der Waals surface area contributed by atoms with E-state index in [2.05, 4.69) is 31.0 Å². The molecule has 0 fully saturated rings. The molecular weight excluding hydrogens is 166 g/mol. The van der Waals surface area contributed by atoms with Crippen molar-refractivity contribution in [2.75, 3.05) is 7.05 Å². The average molecular weight is 181 g/mol. The van der Waals surface area contributed by atoms with Crippen LogP contribution in [0.1, 0.15) is 22.7 Å². The van der Waals surface area contributed by atoms with Crippen molar-refractivity contribution in [3.8, 4) is 0 Å². The molecule has 0 radical (unpaired) electrons. The average Bonchev–Trinajstić information content (AvgIpc) is 2.55. The molecule has 2 heteroatoms. The molecule has 0 saturated carbocycles. The van der Waals surface area contributed by atoms with Gasteiger partial charge in [-0.25, -0.2) is 0 Å². The van der Waals surface area contributed by atoms with E-state index in [9.17, 15) is 0 Å². The number of likely N-dealkylation sites (N-methyl/N-ethyl adjacent to an activating group) is 1. The molecule has 0 aliphatic carbocycles. The third-order valence-electron chi connectivity index (χ3n) is 1.88. The van der Waals surface area contributed by atoms with Crippen molar-refractivity contribution in [2.45, 2.75) is 19.4 Å². The molecular formula is C10H15NS. The number of hydrogen-bond donors (Lipinski definition) is 1. The fourth-order valence-electron chi connectivity index (χ4n) is 1.13. The quantitative estimate of drug-likeness (QED) is 0.704. The van der Waals surface area contributed by atoms with E-state index in [4.69, 9.17) is 0 Å². The van der Waals surface area contributed by atoms with Crippen LogP contribution in [0.5, 0.6) is 0 Å². The van der Waals surface area contributed by atoms with Gasteiger partial charge in [0.05, 0.1) is 6.04 Å². The minimum atomic E-state index is 0.315. The second-order valence-electron chi connectivity index (χ2n) is 2.66. The van der Waals surface area contributed by atoms with Gasteiger partial charge in [0.1, 0.15) is 0 Å². The van der Waals surface area contributed by atoms with Crippen LogP contribution in [0.15, 0.2) is 24.8 Å². The molecule has 0 amide bonds. The van der Waals surface area contributed by atoms with Crippen LogP contribution in [0.2, 0.25) is 0 Å². The van der Waals surface area contributed by atoms with E-state index in [1.54, 1.807) is 0 Å². The molecule has 1 N–H and O–H groups in total. The first-order chi connectivity index (χ1) is 5.81. The van der Waals surface area contributed by atoms with Crippen LogP contribution in [0, 0.1) is 0 Å². The Morgan fingerprint density at radius 2 is 2.42 bits per heavy atom. The molecule has 0 aliphatic rings. The van der Waals surface area contributed by atoms with E-state index in [1.165, 1.54) is 9.75 Å². The highest BCUT2D eigenvalue weighted by Gasteiger charge is 2.06. The summed E-state index contributed by atoms with van der Waals surface area (Å²) in [5, 5.41) is 3.20. The summed E-state index contributed by atoms with van der Waals surface area (Å²) in [4.78, 5) is 2.79. The molecule has 0 bridgehead atoms. The Morgan fingerprint density at radius 3 is 2.83 bits per heavy atom. The maximum atomic E-state index is 3.79. The molecule has 1 rings (SSSR count). The lowest BCUT2D eigenvalue weighted by Crippen LogP contribution is -2.11. The zero-order valence-electron chi connectivity index (χ0n) is 7.63. The second-order valence-corrected chi connectivity index (χ2v) is 3.86. The van der Waals surface area contributed by atoms with Crippen molar-refractivity contribution in [2.24, 2.45) is 0 Å². The molecule has 0 aliphatic heterocycles. The SMILES string of the molecule is C=CC(NC)c1ccc(CC)s1. The van der Waals surface area contributed by atoms with Crippen LogP contribution < -0.4 is 5.32 Å². The van der Waals surface area contributed by atoms with E-state index in [0.29, 0.717) is 6.04 Å². The third kappa shape index (κ3) is 1.96. The Balaban J connectivity index is 2.79. The highest BCUT2D eigenvalue weighted by molar-refractivity contribution is 7.12. The second kappa shape index (κ2) is 4.43. The Labute approximate surface area is 78.1 Å². The zero-order chi connectivity index (χ0) is 8.97. The van der Waals surface area contributed by atoms with Crippen molar-refractivity contribution in [1.29, 1.82) is 0 Å². The van der Waals surface area contributed by atoms with Crippen molar-refractivity contribution in [3.05, 3.63) is 34.5 Å². The summed E-state index contributed by atoms with van der Waals surface area (Å²) in [6.07, 6.45) is 3.06. The standard InChI is InChI=1S/C10H15NS/c1-4-8-6-7-10(12-8)9(5-2)11-3/h5-7,9,11H,2,4H2,1,3H3. The van der Waals surface area contributed by atoms with Crippen molar-refractivity contribution < 1.29 is 0 Å². The molecule has 12 heavy (non-hydrogen) atoms. The number of nitrogens with one attached hydrogen (secondary N) is 1. The molecule has 66 valence electrons. The first-order valence-corrected chi connectivity index (χ1v) is 5.02. The minimum absolute atomic E-state index is 0.315. The Bertz CT molecular complexity index is 252. The third-order valence-corrected chi connectivity index (χ3v) is 3.20. The van der Waals surface area contributed by atoms with Gasteiger partial charge in [-0.1, -0.05) is 13.0 Å². The summed E-state index contributed by atoms with van der Waals surface area (Å²) in [7, 11) is 1.96. The molecule has 1 atom stereocenters. The number of aryl methyl sites for hydroxylation is 1. The smallest absolute Gasteiger partial charge is 0.0595 e. The largest absolute Gasteiger partial charge is 0.309 e. The maximum absolute atomic E-state index is 3.79. The van der Waals surface area contributed by atoms with Crippen LogP contribution in [0.25, 0.3) is 0 Å². The van der Waals surface area contributed by atoms with E-state index < -0.39 is 0 Å². The zero-order valence-corrected chi connectivity index (χ0v) is 8.45. The molecule has 1 aromatic heterocycles. The normalized spacial score (nSPS) is 12.8. The molecule has 1 nitrogen and oxygen atoms in total. The fourth-order valence-corrected chi connectivity index (χ4v) is 2.19. The van der Waals surface area contributed by atoms with Crippen LogP contribution in [0.3, 0.4) is 0 Å². The first-order valence-electron chi connectivity index (χ1n) is 4.20. The van der Waals surface area contributed by atoms with Crippen molar-refractivity contribution >= 4 is 11.3 Å². The van der Waals surface area contributed by atoms with Gasteiger partial charge in [0, 0.05) is 9.75 Å². The van der Waals surface area contributed by atoms with Gasteiger partial charge in [0.2, 0.25) is 0 Å². The van der Waals surface area contributed by atoms with Gasteiger partial charge in [0.25, 0.3) is 0 Å². The first kappa shape index (κ1) is 9.49. The monoisotopic (exact) mass is 181 g/mol. The maximum Gasteiger partial charge on any atom is 0.0595 e. The summed E-state index contributed by atoms with van der Waals surface area (Å²) in [5.41, 5.74) is 0. The number of thiophene rings is 1. The van der Waals surface area contributed by atoms with Crippen LogP contribution in [0.4, 0.5) is 0 Å². The van der Waals surface area contributed by atoms with Crippen molar-refractivity contribution in [1.82, 2.24) is 5.32 Å². The molecule has 1 aromatic rings. The highest BCUT2D eigenvalue weighted by atomic mass is 32.1. The number of hydrogen-bond acceptors (Lipinski definition) is 2. The van der Waals surface area contributed by atoms with Crippen LogP contribution in [-0.4, -0.2) is 7.05 Å². The van der Waals surface area contributed by atoms with E-state index >= 15 is 0 Å². The van der Waals surface area contributed by atoms with E-state index in [1.807, 2.05) is 24.5 Å². The van der Waals surface area contributed by atoms with Gasteiger partial charge in [0.15, 0.2) is 0 Å². The highest BCUT2D eigenvalue weighted by Crippen LogP contribution is 2.23. The van der Waals surface area contributed by atoms with Crippen molar-refractivity contribution in [3.63, 3.8) is 0 Å². The van der Waals surface area contributed by atoms with Gasteiger partial charge in [-0.2, -0.15) is 0 Å². The number of rotatable bonds is 4. The fraction of sp³-hybridized carbons (Fsp3) is 0.400. The molecule has 1 heterocycles. The lowest BCUT2D eigenvalue weighted by molar-refractivity contribution is 0.729. The molecule has 0 saturated heterocycles. The molecule has 0 spiro atoms. The molecule has 0 aromatic carbocycles. The van der Waals surface area contributed by atoms with Crippen LogP contribution in [-0.2, 0) is 6.42 Å². The summed E-state index contributed by atoms with van der Waals surface area (Å²) in [6.45, 7) is 5.97. The van der Waals surface area contributed by atoms with Gasteiger partial charge in [-0.3, -0.25) is 0 Å². The Hall–Kier alpha value is -0.600. The van der Waals surface area contributed by atoms with Gasteiger partial charge in [-0.15, -0.1) is 17.9 Å². The van der Waals surface area contributed by atoms with E-state index in [-0.39, 0.29) is 0 Å². The topological polar surface area (TPSA) is 12.0 Å². The summed E-state index contributed by atoms with van der Waals surface area (Å²) >= 11 is 1.86. The summed E-state index contributed by atoms with van der Waals surface area (Å²) < 4.78 is 0. The summed E-state index contributed by atoms with van der Waals surface area (Å²) in [6, 6.07) is 4.68. The van der Waals surface area contributed by atoms with Gasteiger partial charge in [-0.05, 0) is 25.6 Å². The minimum Gasteiger partial charge on any atom is -0.309 e. The van der Waals surface area contributed by atoms with E-state index in [0.717, 1.165) is 6.42 Å². The predicted octanol–water partition coefficient (Wildman–Crippen LogP) is 2.76. The van der Waals surface area contributed by atoms with Gasteiger partial charge < -0.3 is 5.32 Å². The Kier molecular flexibility index (Phi) is 3.50. The van der Waals surface area contributed by atoms with Crippen LogP contribution >= 0.6 is 11.3 Å². The van der Waals surface area contributed by atoms with Gasteiger partial charge >= 0.3 is 0 Å².